The van der Waals surface area contributed by atoms with Crippen molar-refractivity contribution in [2.75, 3.05) is 39.3 Å². The van der Waals surface area contributed by atoms with Crippen molar-refractivity contribution < 1.29 is 14.3 Å². The van der Waals surface area contributed by atoms with E-state index in [1.807, 2.05) is 12.3 Å². The summed E-state index contributed by atoms with van der Waals surface area (Å²) in [5, 5.41) is 2.93. The van der Waals surface area contributed by atoms with Gasteiger partial charge in [-0.3, -0.25) is 14.7 Å². The molecule has 172 valence electrons. The number of nitrogens with zero attached hydrogens (tertiary/aromatic N) is 3. The van der Waals surface area contributed by atoms with Crippen molar-refractivity contribution in [2.24, 2.45) is 5.41 Å². The van der Waals surface area contributed by atoms with Gasteiger partial charge in [-0.05, 0) is 54.2 Å². The largest absolute Gasteiger partial charge is 0.415 e. The minimum absolute atomic E-state index is 0.116. The van der Waals surface area contributed by atoms with Crippen LogP contribution in [0.25, 0.3) is 0 Å². The summed E-state index contributed by atoms with van der Waals surface area (Å²) in [5.41, 5.74) is 1.96. The Kier molecular flexibility index (Phi) is 8.22. The predicted molar refractivity (Wildman–Crippen MR) is 125 cm³/mol. The molecular weight excluding hydrogens is 404 g/mol. The first kappa shape index (κ1) is 23.7. The fraction of sp³-hybridized carbons (Fsp3) is 0.480. The number of aromatic nitrogens is 1. The molecule has 1 aromatic heterocycles. The van der Waals surface area contributed by atoms with Crippen LogP contribution in [0, 0.1) is 5.41 Å². The molecule has 0 atom stereocenters. The Bertz CT molecular complexity index is 870. The van der Waals surface area contributed by atoms with Gasteiger partial charge in [-0.1, -0.05) is 26.8 Å². The second-order valence-electron chi connectivity index (χ2n) is 9.40. The zero-order valence-corrected chi connectivity index (χ0v) is 19.3. The number of amides is 2. The van der Waals surface area contributed by atoms with Gasteiger partial charge in [0, 0.05) is 57.2 Å². The van der Waals surface area contributed by atoms with E-state index in [1.54, 1.807) is 35.4 Å². The molecule has 2 amide bonds. The molecule has 1 N–H and O–H groups in total. The van der Waals surface area contributed by atoms with Crippen LogP contribution in [0.15, 0.2) is 48.8 Å². The molecule has 1 saturated heterocycles. The maximum atomic E-state index is 12.5. The average Bonchev–Trinajstić information content (AvgIpc) is 2.78. The summed E-state index contributed by atoms with van der Waals surface area (Å²) in [7, 11) is 0. The first-order chi connectivity index (χ1) is 15.3. The number of benzene rings is 1. The van der Waals surface area contributed by atoms with Crippen LogP contribution in [-0.4, -0.2) is 66.1 Å². The molecule has 0 spiro atoms. The summed E-state index contributed by atoms with van der Waals surface area (Å²) < 4.78 is 5.51. The predicted octanol–water partition coefficient (Wildman–Crippen LogP) is 3.61. The fourth-order valence-electron chi connectivity index (χ4n) is 3.48. The summed E-state index contributed by atoms with van der Waals surface area (Å²) >= 11 is 0. The molecule has 0 radical (unpaired) electrons. The van der Waals surface area contributed by atoms with Crippen LogP contribution in [0.5, 0.6) is 5.75 Å². The molecule has 32 heavy (non-hydrogen) atoms. The van der Waals surface area contributed by atoms with Crippen LogP contribution in [0.1, 0.15) is 43.1 Å². The van der Waals surface area contributed by atoms with Gasteiger partial charge < -0.3 is 15.0 Å². The Morgan fingerprint density at radius 2 is 1.78 bits per heavy atom. The van der Waals surface area contributed by atoms with Gasteiger partial charge >= 0.3 is 6.09 Å². The van der Waals surface area contributed by atoms with E-state index < -0.39 is 0 Å². The lowest BCUT2D eigenvalue weighted by molar-refractivity contribution is 0.0949. The van der Waals surface area contributed by atoms with Crippen molar-refractivity contribution >= 4 is 12.0 Å². The van der Waals surface area contributed by atoms with E-state index in [1.165, 1.54) is 5.56 Å². The van der Waals surface area contributed by atoms with Crippen molar-refractivity contribution in [2.45, 2.75) is 33.6 Å². The molecule has 7 nitrogen and oxygen atoms in total. The van der Waals surface area contributed by atoms with Crippen LogP contribution in [0.3, 0.4) is 0 Å². The third-order valence-corrected chi connectivity index (χ3v) is 5.55. The summed E-state index contributed by atoms with van der Waals surface area (Å²) in [5.74, 6) is 0.329. The molecular formula is C25H34N4O3. The van der Waals surface area contributed by atoms with E-state index in [0.717, 1.165) is 32.5 Å². The SMILES string of the molecule is CC(C)(C)CCNC(=O)c1ccc(OC(=O)N2CCN(CCc3cccnc3)CC2)cc1. The quantitative estimate of drug-likeness (QED) is 0.715. The number of piperazine rings is 1. The summed E-state index contributed by atoms with van der Waals surface area (Å²) in [4.78, 5) is 33.0. The highest BCUT2D eigenvalue weighted by Crippen LogP contribution is 2.18. The highest BCUT2D eigenvalue weighted by molar-refractivity contribution is 5.94. The molecule has 1 aliphatic rings. The van der Waals surface area contributed by atoms with Crippen LogP contribution in [-0.2, 0) is 6.42 Å². The first-order valence-electron chi connectivity index (χ1n) is 11.3. The lowest BCUT2D eigenvalue weighted by Crippen LogP contribution is -2.49. The number of carbonyl (C=O) groups is 2. The Morgan fingerprint density at radius 3 is 2.41 bits per heavy atom. The minimum atomic E-state index is -0.348. The van der Waals surface area contributed by atoms with Crippen LogP contribution in [0.2, 0.25) is 0 Å². The highest BCUT2D eigenvalue weighted by atomic mass is 16.6. The standard InChI is InChI=1S/C25H34N4O3/c1-25(2,3)11-13-27-23(30)21-6-8-22(9-7-21)32-24(31)29-17-15-28(16-18-29)14-10-20-5-4-12-26-19-20/h4-9,12,19H,10-11,13-18H2,1-3H3,(H,27,30). The lowest BCUT2D eigenvalue weighted by atomic mass is 9.92. The zero-order chi connectivity index (χ0) is 23.0. The number of pyridine rings is 1. The fourth-order valence-corrected chi connectivity index (χ4v) is 3.48. The number of ether oxygens (including phenoxy) is 1. The monoisotopic (exact) mass is 438 g/mol. The van der Waals surface area contributed by atoms with Crippen molar-refractivity contribution in [3.63, 3.8) is 0 Å². The van der Waals surface area contributed by atoms with Gasteiger partial charge in [0.1, 0.15) is 5.75 Å². The molecule has 0 unspecified atom stereocenters. The van der Waals surface area contributed by atoms with Crippen LogP contribution in [0.4, 0.5) is 4.79 Å². The first-order valence-corrected chi connectivity index (χ1v) is 11.3. The Balaban J connectivity index is 1.39. The van der Waals surface area contributed by atoms with Gasteiger partial charge in [0.05, 0.1) is 0 Å². The number of hydrogen-bond acceptors (Lipinski definition) is 5. The Labute approximate surface area is 190 Å². The van der Waals surface area contributed by atoms with Gasteiger partial charge in [-0.25, -0.2) is 4.79 Å². The van der Waals surface area contributed by atoms with E-state index in [2.05, 4.69) is 42.0 Å². The molecule has 1 aromatic carbocycles. The topological polar surface area (TPSA) is 74.8 Å². The zero-order valence-electron chi connectivity index (χ0n) is 19.3. The highest BCUT2D eigenvalue weighted by Gasteiger charge is 2.22. The van der Waals surface area contributed by atoms with E-state index >= 15 is 0 Å². The second-order valence-corrected chi connectivity index (χ2v) is 9.40. The maximum absolute atomic E-state index is 12.5. The minimum Gasteiger partial charge on any atom is -0.410 e. The Morgan fingerprint density at radius 1 is 1.06 bits per heavy atom. The van der Waals surface area contributed by atoms with Crippen molar-refractivity contribution in [3.05, 3.63) is 59.9 Å². The third kappa shape index (κ3) is 7.64. The molecule has 1 aliphatic heterocycles. The third-order valence-electron chi connectivity index (χ3n) is 5.55. The van der Waals surface area contributed by atoms with Gasteiger partial charge in [0.2, 0.25) is 0 Å². The lowest BCUT2D eigenvalue weighted by Gasteiger charge is -2.34. The summed E-state index contributed by atoms with van der Waals surface area (Å²) in [6.07, 6.45) is 5.19. The maximum Gasteiger partial charge on any atom is 0.415 e. The molecule has 7 heteroatoms. The second kappa shape index (κ2) is 11.1. The summed E-state index contributed by atoms with van der Waals surface area (Å²) in [6.45, 7) is 10.9. The van der Waals surface area contributed by atoms with Gasteiger partial charge in [0.25, 0.3) is 5.91 Å². The van der Waals surface area contributed by atoms with Crippen molar-refractivity contribution in [3.8, 4) is 5.75 Å². The Hall–Kier alpha value is -2.93. The van der Waals surface area contributed by atoms with Gasteiger partial charge in [-0.2, -0.15) is 0 Å². The van der Waals surface area contributed by atoms with Crippen LogP contribution >= 0.6 is 0 Å². The average molecular weight is 439 g/mol. The van der Waals surface area contributed by atoms with Crippen molar-refractivity contribution in [1.82, 2.24) is 20.1 Å². The molecule has 0 saturated carbocycles. The number of nitrogens with one attached hydrogen (secondary N) is 1. The summed E-state index contributed by atoms with van der Waals surface area (Å²) in [6, 6.07) is 10.7. The van der Waals surface area contributed by atoms with E-state index in [4.69, 9.17) is 4.74 Å². The van der Waals surface area contributed by atoms with Crippen LogP contribution < -0.4 is 10.1 Å². The molecule has 3 rings (SSSR count). The number of hydrogen-bond donors (Lipinski definition) is 1. The van der Waals surface area contributed by atoms with E-state index in [9.17, 15) is 9.59 Å². The van der Waals surface area contributed by atoms with E-state index in [0.29, 0.717) is 30.9 Å². The normalized spacial score (nSPS) is 14.8. The molecule has 1 fully saturated rings. The molecule has 0 aliphatic carbocycles. The number of rotatable bonds is 7. The smallest absolute Gasteiger partial charge is 0.410 e. The number of carbonyl (C=O) groups excluding carboxylic acids is 2. The van der Waals surface area contributed by atoms with Gasteiger partial charge in [-0.15, -0.1) is 0 Å². The molecule has 2 aromatic rings. The van der Waals surface area contributed by atoms with Crippen molar-refractivity contribution in [1.29, 1.82) is 0 Å². The van der Waals surface area contributed by atoms with Gasteiger partial charge in [0.15, 0.2) is 0 Å². The molecule has 2 heterocycles. The van der Waals surface area contributed by atoms with E-state index in [-0.39, 0.29) is 17.4 Å². The molecule has 0 bridgehead atoms.